The van der Waals surface area contributed by atoms with Gasteiger partial charge in [-0.3, -0.25) is 19.3 Å². The number of fused-ring (bicyclic) bond motifs is 1. The Kier molecular flexibility index (Phi) is 5.44. The highest BCUT2D eigenvalue weighted by atomic mass is 32.2. The molecule has 2 aliphatic rings. The van der Waals surface area contributed by atoms with Crippen LogP contribution in [-0.4, -0.2) is 59.4 Å². The van der Waals surface area contributed by atoms with Crippen molar-refractivity contribution in [1.82, 2.24) is 4.90 Å². The highest BCUT2D eigenvalue weighted by Crippen LogP contribution is 2.39. The highest BCUT2D eigenvalue weighted by Gasteiger charge is 2.54. The van der Waals surface area contributed by atoms with Gasteiger partial charge in [0.2, 0.25) is 11.8 Å². The Morgan fingerprint density at radius 2 is 1.68 bits per heavy atom. The average molecular weight is 329 g/mol. The number of nitrogens with zero attached hydrogens (tertiary/aromatic N) is 1. The van der Waals surface area contributed by atoms with E-state index in [1.165, 1.54) is 0 Å². The molecule has 122 valence electrons. The summed E-state index contributed by atoms with van der Waals surface area (Å²) in [4.78, 5) is 49.6. The zero-order valence-corrected chi connectivity index (χ0v) is 13.4. The van der Waals surface area contributed by atoms with Gasteiger partial charge in [-0.25, -0.2) is 4.79 Å². The summed E-state index contributed by atoms with van der Waals surface area (Å²) < 4.78 is 9.74. The molecule has 2 rings (SSSR count). The van der Waals surface area contributed by atoms with Crippen LogP contribution in [0.5, 0.6) is 0 Å². The summed E-state index contributed by atoms with van der Waals surface area (Å²) in [5, 5.41) is 0. The average Bonchev–Trinajstić information content (AvgIpc) is 3.03. The van der Waals surface area contributed by atoms with E-state index in [9.17, 15) is 19.2 Å². The lowest BCUT2D eigenvalue weighted by Gasteiger charge is -2.24. The summed E-state index contributed by atoms with van der Waals surface area (Å²) in [6.45, 7) is 3.54. The first-order valence-electron chi connectivity index (χ1n) is 7.28. The SMILES string of the molecule is CCOC(=O)C[C@@H](C(=O)OCC)N1C(=O)C2CSCC2C1=O. The van der Waals surface area contributed by atoms with Crippen LogP contribution in [0.4, 0.5) is 0 Å². The van der Waals surface area contributed by atoms with Gasteiger partial charge in [-0.05, 0) is 13.8 Å². The van der Waals surface area contributed by atoms with Gasteiger partial charge in [0.1, 0.15) is 6.04 Å². The minimum atomic E-state index is -1.23. The maximum Gasteiger partial charge on any atom is 0.329 e. The Balaban J connectivity index is 2.20. The van der Waals surface area contributed by atoms with Crippen LogP contribution in [0.3, 0.4) is 0 Å². The highest BCUT2D eigenvalue weighted by molar-refractivity contribution is 7.99. The standard InChI is InChI=1S/C14H19NO6S/c1-3-20-11(16)5-10(14(19)21-4-2)15-12(17)8-6-22-7-9(8)13(15)18/h8-10H,3-7H2,1-2H3/t8?,9?,10-/m0/s1. The number of ether oxygens (including phenoxy) is 2. The van der Waals surface area contributed by atoms with Crippen LogP contribution in [-0.2, 0) is 28.7 Å². The molecule has 3 atom stereocenters. The molecule has 22 heavy (non-hydrogen) atoms. The molecule has 2 fully saturated rings. The van der Waals surface area contributed by atoms with Crippen molar-refractivity contribution in [2.75, 3.05) is 24.7 Å². The second-order valence-corrected chi connectivity index (χ2v) is 6.15. The van der Waals surface area contributed by atoms with Gasteiger partial charge in [0, 0.05) is 11.5 Å². The zero-order chi connectivity index (χ0) is 16.3. The Labute approximate surface area is 132 Å². The summed E-state index contributed by atoms with van der Waals surface area (Å²) in [6, 6.07) is -1.23. The van der Waals surface area contributed by atoms with Gasteiger partial charge < -0.3 is 9.47 Å². The molecule has 0 bridgehead atoms. The molecule has 2 heterocycles. The molecule has 2 unspecified atom stereocenters. The monoisotopic (exact) mass is 329 g/mol. The Morgan fingerprint density at radius 3 is 2.18 bits per heavy atom. The topological polar surface area (TPSA) is 90.0 Å². The Morgan fingerprint density at radius 1 is 1.14 bits per heavy atom. The van der Waals surface area contributed by atoms with Crippen LogP contribution in [0.1, 0.15) is 20.3 Å². The molecular formula is C14H19NO6S. The van der Waals surface area contributed by atoms with Gasteiger partial charge in [0.15, 0.2) is 0 Å². The maximum atomic E-state index is 12.4. The van der Waals surface area contributed by atoms with E-state index in [4.69, 9.17) is 9.47 Å². The summed E-state index contributed by atoms with van der Waals surface area (Å²) in [5.74, 6) is -1.79. The van der Waals surface area contributed by atoms with E-state index in [2.05, 4.69) is 0 Å². The second-order valence-electron chi connectivity index (χ2n) is 5.07. The van der Waals surface area contributed by atoms with Gasteiger partial charge in [0.25, 0.3) is 0 Å². The summed E-state index contributed by atoms with van der Waals surface area (Å²) in [5.41, 5.74) is 0. The molecule has 0 N–H and O–H groups in total. The predicted molar refractivity (Wildman–Crippen MR) is 77.8 cm³/mol. The van der Waals surface area contributed by atoms with Crippen LogP contribution < -0.4 is 0 Å². The maximum absolute atomic E-state index is 12.4. The Bertz CT molecular complexity index is 472. The number of carbonyl (C=O) groups is 4. The lowest BCUT2D eigenvalue weighted by Crippen LogP contribution is -2.48. The molecule has 2 amide bonds. The van der Waals surface area contributed by atoms with E-state index in [1.807, 2.05) is 0 Å². The first-order valence-corrected chi connectivity index (χ1v) is 8.43. The van der Waals surface area contributed by atoms with Crippen molar-refractivity contribution in [1.29, 1.82) is 0 Å². The number of amides is 2. The molecule has 0 aliphatic carbocycles. The normalized spacial score (nSPS) is 25.1. The van der Waals surface area contributed by atoms with Crippen molar-refractivity contribution in [3.05, 3.63) is 0 Å². The number of esters is 2. The van der Waals surface area contributed by atoms with Crippen LogP contribution in [0.25, 0.3) is 0 Å². The molecule has 0 aromatic heterocycles. The van der Waals surface area contributed by atoms with E-state index < -0.39 is 29.8 Å². The molecule has 0 aromatic rings. The lowest BCUT2D eigenvalue weighted by molar-refractivity contribution is -0.162. The van der Waals surface area contributed by atoms with Crippen LogP contribution >= 0.6 is 11.8 Å². The fourth-order valence-electron chi connectivity index (χ4n) is 2.71. The van der Waals surface area contributed by atoms with Crippen molar-refractivity contribution in [2.24, 2.45) is 11.8 Å². The number of imide groups is 1. The van der Waals surface area contributed by atoms with Gasteiger partial charge in [-0.2, -0.15) is 11.8 Å². The van der Waals surface area contributed by atoms with E-state index >= 15 is 0 Å². The fourth-order valence-corrected chi connectivity index (χ4v) is 4.10. The van der Waals surface area contributed by atoms with Crippen molar-refractivity contribution in [3.63, 3.8) is 0 Å². The quantitative estimate of drug-likeness (QED) is 0.508. The molecule has 2 aliphatic heterocycles. The minimum absolute atomic E-state index is 0.108. The third-order valence-electron chi connectivity index (χ3n) is 3.73. The first kappa shape index (κ1) is 16.8. The zero-order valence-electron chi connectivity index (χ0n) is 12.6. The van der Waals surface area contributed by atoms with Crippen molar-refractivity contribution >= 4 is 35.5 Å². The summed E-state index contributed by atoms with van der Waals surface area (Å²) >= 11 is 1.55. The molecule has 8 heteroatoms. The fraction of sp³-hybridized carbons (Fsp3) is 0.714. The number of carbonyl (C=O) groups excluding carboxylic acids is 4. The molecule has 2 saturated heterocycles. The van der Waals surface area contributed by atoms with E-state index in [-0.39, 0.29) is 31.4 Å². The lowest BCUT2D eigenvalue weighted by atomic mass is 10.00. The van der Waals surface area contributed by atoms with Crippen molar-refractivity contribution in [2.45, 2.75) is 26.3 Å². The van der Waals surface area contributed by atoms with Crippen LogP contribution in [0.15, 0.2) is 0 Å². The minimum Gasteiger partial charge on any atom is -0.466 e. The van der Waals surface area contributed by atoms with E-state index in [0.717, 1.165) is 4.90 Å². The number of hydrogen-bond acceptors (Lipinski definition) is 7. The predicted octanol–water partition coefficient (Wildman–Crippen LogP) is 0.219. The third kappa shape index (κ3) is 3.11. The molecular weight excluding hydrogens is 310 g/mol. The largest absolute Gasteiger partial charge is 0.466 e. The van der Waals surface area contributed by atoms with E-state index in [0.29, 0.717) is 11.5 Å². The molecule has 0 saturated carbocycles. The smallest absolute Gasteiger partial charge is 0.329 e. The summed E-state index contributed by atoms with van der Waals surface area (Å²) in [7, 11) is 0. The molecule has 0 radical (unpaired) electrons. The number of thioether (sulfide) groups is 1. The number of rotatable bonds is 6. The summed E-state index contributed by atoms with van der Waals surface area (Å²) in [6.07, 6.45) is -0.364. The Hall–Kier alpha value is -1.57. The number of likely N-dealkylation sites (tertiary alicyclic amines) is 1. The third-order valence-corrected chi connectivity index (χ3v) is 4.92. The van der Waals surface area contributed by atoms with E-state index in [1.54, 1.807) is 25.6 Å². The second kappa shape index (κ2) is 7.13. The first-order chi connectivity index (χ1) is 10.5. The molecule has 0 spiro atoms. The van der Waals surface area contributed by atoms with Crippen LogP contribution in [0, 0.1) is 11.8 Å². The van der Waals surface area contributed by atoms with Crippen LogP contribution in [0.2, 0.25) is 0 Å². The molecule has 0 aromatic carbocycles. The van der Waals surface area contributed by atoms with Gasteiger partial charge in [0.05, 0.1) is 31.5 Å². The van der Waals surface area contributed by atoms with Gasteiger partial charge in [-0.15, -0.1) is 0 Å². The molecule has 7 nitrogen and oxygen atoms in total. The van der Waals surface area contributed by atoms with Crippen molar-refractivity contribution in [3.8, 4) is 0 Å². The van der Waals surface area contributed by atoms with Gasteiger partial charge in [-0.1, -0.05) is 0 Å². The van der Waals surface area contributed by atoms with Gasteiger partial charge >= 0.3 is 11.9 Å². The van der Waals surface area contributed by atoms with Crippen molar-refractivity contribution < 1.29 is 28.7 Å². The number of hydrogen-bond donors (Lipinski definition) is 0.